The van der Waals surface area contributed by atoms with Crippen LogP contribution in [0.15, 0.2) is 42.5 Å². The predicted octanol–water partition coefficient (Wildman–Crippen LogP) is 2.27. The molecular weight excluding hydrogens is 292 g/mol. The number of rotatable bonds is 6. The highest BCUT2D eigenvalue weighted by atomic mass is 16.5. The third kappa shape index (κ3) is 4.37. The van der Waals surface area contributed by atoms with Crippen LogP contribution in [0.2, 0.25) is 0 Å². The standard InChI is InChI=1S/C18H20N2O3/c21-14-15-3-1-4-16(13-15)17-5-2-6-18(19-17)23-12-9-20-7-10-22-11-8-20/h1-6,13-14H,7-12H2. The molecule has 0 bridgehead atoms. The molecule has 0 unspecified atom stereocenters. The van der Waals surface area contributed by atoms with E-state index in [1.165, 1.54) is 0 Å². The van der Waals surface area contributed by atoms with Gasteiger partial charge in [0.1, 0.15) is 12.9 Å². The van der Waals surface area contributed by atoms with Gasteiger partial charge in [-0.15, -0.1) is 0 Å². The van der Waals surface area contributed by atoms with Gasteiger partial charge in [-0.3, -0.25) is 9.69 Å². The monoisotopic (exact) mass is 312 g/mol. The molecule has 0 aliphatic carbocycles. The summed E-state index contributed by atoms with van der Waals surface area (Å²) in [5.74, 6) is 0.604. The van der Waals surface area contributed by atoms with Gasteiger partial charge in [-0.05, 0) is 12.1 Å². The number of carbonyl (C=O) groups is 1. The molecule has 1 aromatic carbocycles. The molecule has 3 rings (SSSR count). The third-order valence-electron chi connectivity index (χ3n) is 3.80. The van der Waals surface area contributed by atoms with Crippen LogP contribution in [0.5, 0.6) is 5.88 Å². The van der Waals surface area contributed by atoms with E-state index in [9.17, 15) is 4.79 Å². The Balaban J connectivity index is 1.61. The fourth-order valence-corrected chi connectivity index (χ4v) is 2.53. The maximum absolute atomic E-state index is 10.9. The maximum atomic E-state index is 10.9. The van der Waals surface area contributed by atoms with E-state index in [-0.39, 0.29) is 0 Å². The van der Waals surface area contributed by atoms with Crippen LogP contribution >= 0.6 is 0 Å². The van der Waals surface area contributed by atoms with E-state index in [0.29, 0.717) is 18.1 Å². The van der Waals surface area contributed by atoms with E-state index < -0.39 is 0 Å². The smallest absolute Gasteiger partial charge is 0.213 e. The summed E-state index contributed by atoms with van der Waals surface area (Å²) in [5.41, 5.74) is 2.36. The largest absolute Gasteiger partial charge is 0.476 e. The van der Waals surface area contributed by atoms with E-state index >= 15 is 0 Å². The van der Waals surface area contributed by atoms with Crippen molar-refractivity contribution >= 4 is 6.29 Å². The first-order valence-corrected chi connectivity index (χ1v) is 7.81. The highest BCUT2D eigenvalue weighted by Crippen LogP contribution is 2.20. The molecule has 0 saturated carbocycles. The molecule has 2 heterocycles. The molecule has 0 radical (unpaired) electrons. The normalized spacial score (nSPS) is 15.3. The zero-order chi connectivity index (χ0) is 15.9. The summed E-state index contributed by atoms with van der Waals surface area (Å²) in [5, 5.41) is 0. The lowest BCUT2D eigenvalue weighted by molar-refractivity contribution is 0.0320. The van der Waals surface area contributed by atoms with Gasteiger partial charge in [-0.2, -0.15) is 0 Å². The van der Waals surface area contributed by atoms with E-state index in [1.54, 1.807) is 6.07 Å². The minimum Gasteiger partial charge on any atom is -0.476 e. The first-order chi connectivity index (χ1) is 11.3. The summed E-state index contributed by atoms with van der Waals surface area (Å²) in [7, 11) is 0. The Kier molecular flexibility index (Phi) is 5.34. The quantitative estimate of drug-likeness (QED) is 0.766. The number of ether oxygens (including phenoxy) is 2. The average molecular weight is 312 g/mol. The van der Waals surface area contributed by atoms with Crippen molar-refractivity contribution in [2.75, 3.05) is 39.5 Å². The lowest BCUT2D eigenvalue weighted by Crippen LogP contribution is -2.38. The Bertz CT molecular complexity index is 654. The number of nitrogens with zero attached hydrogens (tertiary/aromatic N) is 2. The van der Waals surface area contributed by atoms with Gasteiger partial charge in [0.15, 0.2) is 0 Å². The second-order valence-corrected chi connectivity index (χ2v) is 5.41. The number of pyridine rings is 1. The number of hydrogen-bond acceptors (Lipinski definition) is 5. The SMILES string of the molecule is O=Cc1cccc(-c2cccc(OCCN3CCOCC3)n2)c1. The minimum absolute atomic E-state index is 0.602. The number of aromatic nitrogens is 1. The van der Waals surface area contributed by atoms with Crippen LogP contribution in [0, 0.1) is 0 Å². The van der Waals surface area contributed by atoms with Crippen molar-refractivity contribution in [3.8, 4) is 17.1 Å². The van der Waals surface area contributed by atoms with Gasteiger partial charge in [0, 0.05) is 36.8 Å². The van der Waals surface area contributed by atoms with Gasteiger partial charge in [-0.25, -0.2) is 4.98 Å². The molecule has 0 amide bonds. The highest BCUT2D eigenvalue weighted by Gasteiger charge is 2.10. The molecule has 1 aliphatic heterocycles. The number of carbonyl (C=O) groups excluding carboxylic acids is 1. The van der Waals surface area contributed by atoms with Crippen molar-refractivity contribution in [1.82, 2.24) is 9.88 Å². The van der Waals surface area contributed by atoms with Gasteiger partial charge >= 0.3 is 0 Å². The van der Waals surface area contributed by atoms with Crippen LogP contribution in [0.4, 0.5) is 0 Å². The molecule has 5 heteroatoms. The van der Waals surface area contributed by atoms with Gasteiger partial charge in [0.2, 0.25) is 5.88 Å². The van der Waals surface area contributed by atoms with Crippen LogP contribution in [0.3, 0.4) is 0 Å². The summed E-state index contributed by atoms with van der Waals surface area (Å²) in [6, 6.07) is 13.1. The summed E-state index contributed by atoms with van der Waals surface area (Å²) >= 11 is 0. The molecule has 5 nitrogen and oxygen atoms in total. The second kappa shape index (κ2) is 7.85. The van der Waals surface area contributed by atoms with Crippen LogP contribution < -0.4 is 4.74 Å². The van der Waals surface area contributed by atoms with Gasteiger partial charge in [0.25, 0.3) is 0 Å². The number of morpholine rings is 1. The molecule has 0 spiro atoms. The third-order valence-corrected chi connectivity index (χ3v) is 3.80. The van der Waals surface area contributed by atoms with Crippen molar-refractivity contribution in [3.63, 3.8) is 0 Å². The number of aldehydes is 1. The maximum Gasteiger partial charge on any atom is 0.213 e. The van der Waals surface area contributed by atoms with E-state index in [1.807, 2.05) is 36.4 Å². The van der Waals surface area contributed by atoms with Crippen molar-refractivity contribution in [2.24, 2.45) is 0 Å². The van der Waals surface area contributed by atoms with Crippen LogP contribution in [0.1, 0.15) is 10.4 Å². The second-order valence-electron chi connectivity index (χ2n) is 5.41. The molecule has 1 aromatic heterocycles. The van der Waals surface area contributed by atoms with Crippen molar-refractivity contribution < 1.29 is 14.3 Å². The Morgan fingerprint density at radius 2 is 2.00 bits per heavy atom. The van der Waals surface area contributed by atoms with E-state index in [2.05, 4.69) is 9.88 Å². The molecule has 0 atom stereocenters. The predicted molar refractivity (Wildman–Crippen MR) is 87.8 cm³/mol. The van der Waals surface area contributed by atoms with Gasteiger partial charge in [-0.1, -0.05) is 24.3 Å². The first-order valence-electron chi connectivity index (χ1n) is 7.81. The zero-order valence-electron chi connectivity index (χ0n) is 13.0. The van der Waals surface area contributed by atoms with Gasteiger partial charge in [0.05, 0.1) is 18.9 Å². The number of hydrogen-bond donors (Lipinski definition) is 0. The summed E-state index contributed by atoms with van der Waals surface area (Å²) in [6.07, 6.45) is 0.839. The van der Waals surface area contributed by atoms with Crippen LogP contribution in [-0.2, 0) is 4.74 Å². The molecular formula is C18H20N2O3. The average Bonchev–Trinajstić information content (AvgIpc) is 2.63. The van der Waals surface area contributed by atoms with Crippen molar-refractivity contribution in [2.45, 2.75) is 0 Å². The topological polar surface area (TPSA) is 51.7 Å². The first kappa shape index (κ1) is 15.6. The molecule has 0 N–H and O–H groups in total. The fraction of sp³-hybridized carbons (Fsp3) is 0.333. The zero-order valence-corrected chi connectivity index (χ0v) is 13.0. The molecule has 1 saturated heterocycles. The molecule has 1 fully saturated rings. The van der Waals surface area contributed by atoms with Gasteiger partial charge < -0.3 is 9.47 Å². The fourth-order valence-electron chi connectivity index (χ4n) is 2.53. The molecule has 120 valence electrons. The van der Waals surface area contributed by atoms with Crippen LogP contribution in [-0.4, -0.2) is 55.6 Å². The minimum atomic E-state index is 0.602. The number of benzene rings is 1. The Morgan fingerprint density at radius 3 is 2.83 bits per heavy atom. The summed E-state index contributed by atoms with van der Waals surface area (Å²) in [6.45, 7) is 4.97. The summed E-state index contributed by atoms with van der Waals surface area (Å²) in [4.78, 5) is 17.7. The highest BCUT2D eigenvalue weighted by molar-refractivity contribution is 5.78. The lowest BCUT2D eigenvalue weighted by atomic mass is 10.1. The molecule has 1 aliphatic rings. The summed E-state index contributed by atoms with van der Waals surface area (Å²) < 4.78 is 11.1. The molecule has 23 heavy (non-hydrogen) atoms. The van der Waals surface area contributed by atoms with E-state index in [0.717, 1.165) is 50.4 Å². The lowest BCUT2D eigenvalue weighted by Gasteiger charge is -2.26. The Hall–Kier alpha value is -2.24. The van der Waals surface area contributed by atoms with Crippen molar-refractivity contribution in [1.29, 1.82) is 0 Å². The van der Waals surface area contributed by atoms with Crippen molar-refractivity contribution in [3.05, 3.63) is 48.0 Å². The van der Waals surface area contributed by atoms with E-state index in [4.69, 9.17) is 9.47 Å². The van der Waals surface area contributed by atoms with Crippen LogP contribution in [0.25, 0.3) is 11.3 Å². The molecule has 2 aromatic rings. The Morgan fingerprint density at radius 1 is 1.17 bits per heavy atom. The Labute approximate surface area is 135 Å².